The average molecular weight is 335 g/mol. The van der Waals surface area contributed by atoms with Crippen LogP contribution in [0.1, 0.15) is 30.8 Å². The zero-order chi connectivity index (χ0) is 14.6. The van der Waals surface area contributed by atoms with E-state index >= 15 is 0 Å². The second-order valence-corrected chi connectivity index (χ2v) is 6.47. The Balaban J connectivity index is 2.08. The van der Waals surface area contributed by atoms with E-state index in [4.69, 9.17) is 0 Å². The first kappa shape index (κ1) is 15.0. The molecule has 106 valence electrons. The van der Waals surface area contributed by atoms with Crippen LogP contribution in [0.3, 0.4) is 0 Å². The molecule has 1 aromatic heterocycles. The number of carbonyl (C=O) groups excluding carboxylic acids is 1. The first-order valence-electron chi connectivity index (χ1n) is 6.72. The zero-order valence-electron chi connectivity index (χ0n) is 11.8. The van der Waals surface area contributed by atoms with Gasteiger partial charge in [-0.1, -0.05) is 54.0 Å². The van der Waals surface area contributed by atoms with E-state index in [2.05, 4.69) is 40.1 Å². The molecule has 4 heteroatoms. The number of carbonyl (C=O) groups is 1. The number of alkyl halides is 1. The van der Waals surface area contributed by atoms with E-state index in [1.807, 2.05) is 30.3 Å². The summed E-state index contributed by atoms with van der Waals surface area (Å²) < 4.78 is 0. The summed E-state index contributed by atoms with van der Waals surface area (Å²) in [6.07, 6.45) is 1.01. The van der Waals surface area contributed by atoms with Gasteiger partial charge in [0.25, 0.3) is 5.91 Å². The molecular weight excluding hydrogens is 316 g/mol. The fourth-order valence-electron chi connectivity index (χ4n) is 1.95. The molecule has 2 rings (SSSR count). The number of hydrogen-bond acceptors (Lipinski definition) is 2. The van der Waals surface area contributed by atoms with Crippen molar-refractivity contribution in [1.82, 2.24) is 10.3 Å². The van der Waals surface area contributed by atoms with Crippen molar-refractivity contribution < 1.29 is 4.79 Å². The van der Waals surface area contributed by atoms with Crippen LogP contribution in [-0.2, 0) is 0 Å². The molecule has 0 radical (unpaired) electrons. The normalized spacial score (nSPS) is 11.6. The third-order valence-corrected chi connectivity index (χ3v) is 3.73. The minimum Gasteiger partial charge on any atom is -0.350 e. The monoisotopic (exact) mass is 334 g/mol. The van der Waals surface area contributed by atoms with Crippen LogP contribution in [0.25, 0.3) is 10.9 Å². The van der Waals surface area contributed by atoms with Gasteiger partial charge in [-0.2, -0.15) is 0 Å². The molecule has 1 aromatic carbocycles. The van der Waals surface area contributed by atoms with Crippen LogP contribution in [0.15, 0.2) is 36.4 Å². The number of para-hydroxylation sites is 1. The Hall–Kier alpha value is -1.42. The first-order valence-corrected chi connectivity index (χ1v) is 7.84. The van der Waals surface area contributed by atoms with Gasteiger partial charge in [0.2, 0.25) is 0 Å². The highest BCUT2D eigenvalue weighted by atomic mass is 79.9. The quantitative estimate of drug-likeness (QED) is 0.845. The van der Waals surface area contributed by atoms with E-state index in [0.717, 1.165) is 22.7 Å². The van der Waals surface area contributed by atoms with Crippen molar-refractivity contribution in [3.8, 4) is 0 Å². The molecule has 0 fully saturated rings. The van der Waals surface area contributed by atoms with E-state index in [1.54, 1.807) is 6.07 Å². The summed E-state index contributed by atoms with van der Waals surface area (Å²) >= 11 is 3.44. The number of halogens is 1. The number of hydrogen-bond donors (Lipinski definition) is 1. The average Bonchev–Trinajstić information content (AvgIpc) is 2.44. The van der Waals surface area contributed by atoms with Crippen molar-refractivity contribution in [3.63, 3.8) is 0 Å². The summed E-state index contributed by atoms with van der Waals surface area (Å²) in [4.78, 5) is 16.6. The molecule has 0 aliphatic heterocycles. The molecule has 0 spiro atoms. The fourth-order valence-corrected chi connectivity index (χ4v) is 3.02. The van der Waals surface area contributed by atoms with Gasteiger partial charge >= 0.3 is 0 Å². The van der Waals surface area contributed by atoms with Crippen LogP contribution in [0.5, 0.6) is 0 Å². The molecule has 1 amide bonds. The largest absolute Gasteiger partial charge is 0.350 e. The molecule has 3 nitrogen and oxygen atoms in total. The van der Waals surface area contributed by atoms with Crippen LogP contribution in [0, 0.1) is 5.41 Å². The summed E-state index contributed by atoms with van der Waals surface area (Å²) in [5.41, 5.74) is 1.40. The van der Waals surface area contributed by atoms with Gasteiger partial charge in [-0.25, -0.2) is 4.98 Å². The third kappa shape index (κ3) is 3.79. The molecule has 0 unspecified atom stereocenters. The second kappa shape index (κ2) is 6.35. The zero-order valence-corrected chi connectivity index (χ0v) is 13.4. The van der Waals surface area contributed by atoms with Crippen molar-refractivity contribution in [3.05, 3.63) is 42.1 Å². The molecule has 0 saturated carbocycles. The maximum atomic E-state index is 12.2. The van der Waals surface area contributed by atoms with Crippen LogP contribution in [-0.4, -0.2) is 22.8 Å². The maximum Gasteiger partial charge on any atom is 0.269 e. The number of amides is 1. The van der Waals surface area contributed by atoms with Gasteiger partial charge < -0.3 is 5.32 Å². The van der Waals surface area contributed by atoms with E-state index in [9.17, 15) is 4.79 Å². The molecule has 1 N–H and O–H groups in total. The van der Waals surface area contributed by atoms with Crippen LogP contribution >= 0.6 is 15.9 Å². The number of nitrogens with zero attached hydrogens (tertiary/aromatic N) is 1. The van der Waals surface area contributed by atoms with Crippen molar-refractivity contribution in [2.45, 2.75) is 20.3 Å². The Labute approximate surface area is 127 Å². The minimum atomic E-state index is -0.113. The summed E-state index contributed by atoms with van der Waals surface area (Å²) in [6.45, 7) is 4.93. The predicted octanol–water partition coefficient (Wildman–Crippen LogP) is 3.78. The molecule has 0 saturated heterocycles. The Morgan fingerprint density at radius 3 is 2.75 bits per heavy atom. The number of benzene rings is 1. The van der Waals surface area contributed by atoms with Gasteiger partial charge in [-0.3, -0.25) is 4.79 Å². The number of rotatable bonds is 5. The van der Waals surface area contributed by atoms with Gasteiger partial charge in [0.15, 0.2) is 0 Å². The molecular formula is C16H19BrN2O. The number of fused-ring (bicyclic) bond motifs is 1. The highest BCUT2D eigenvalue weighted by Gasteiger charge is 2.18. The highest BCUT2D eigenvalue weighted by molar-refractivity contribution is 9.09. The van der Waals surface area contributed by atoms with Crippen molar-refractivity contribution in [2.24, 2.45) is 5.41 Å². The molecule has 0 aliphatic carbocycles. The molecule has 1 heterocycles. The maximum absolute atomic E-state index is 12.2. The second-order valence-electron chi connectivity index (χ2n) is 5.68. The topological polar surface area (TPSA) is 42.0 Å². The predicted molar refractivity (Wildman–Crippen MR) is 86.3 cm³/mol. The lowest BCUT2D eigenvalue weighted by Crippen LogP contribution is -2.34. The fraction of sp³-hybridized carbons (Fsp3) is 0.375. The van der Waals surface area contributed by atoms with Gasteiger partial charge in [-0.05, 0) is 24.0 Å². The molecule has 2 aromatic rings. The summed E-state index contributed by atoms with van der Waals surface area (Å²) in [5, 5.41) is 4.95. The van der Waals surface area contributed by atoms with Crippen LogP contribution < -0.4 is 5.32 Å². The molecule has 0 aliphatic rings. The lowest BCUT2D eigenvalue weighted by atomic mass is 9.90. The van der Waals surface area contributed by atoms with Gasteiger partial charge in [-0.15, -0.1) is 0 Å². The smallest absolute Gasteiger partial charge is 0.269 e. The van der Waals surface area contributed by atoms with Crippen molar-refractivity contribution in [2.75, 3.05) is 11.9 Å². The lowest BCUT2D eigenvalue weighted by molar-refractivity contribution is 0.0931. The SMILES string of the molecule is CC(C)(CCBr)CNC(=O)c1ccc2ccccc2n1. The number of nitrogens with one attached hydrogen (secondary N) is 1. The molecule has 20 heavy (non-hydrogen) atoms. The van der Waals surface area contributed by atoms with E-state index in [0.29, 0.717) is 12.2 Å². The van der Waals surface area contributed by atoms with Gasteiger partial charge in [0, 0.05) is 17.3 Å². The van der Waals surface area contributed by atoms with E-state index in [1.165, 1.54) is 0 Å². The molecule has 0 bridgehead atoms. The summed E-state index contributed by atoms with van der Waals surface area (Å²) in [7, 11) is 0. The Bertz CT molecular complexity index is 610. The van der Waals surface area contributed by atoms with E-state index in [-0.39, 0.29) is 11.3 Å². The van der Waals surface area contributed by atoms with Gasteiger partial charge in [0.05, 0.1) is 5.52 Å². The first-order chi connectivity index (χ1) is 9.52. The summed E-state index contributed by atoms with van der Waals surface area (Å²) in [6, 6.07) is 11.5. The summed E-state index contributed by atoms with van der Waals surface area (Å²) in [5.74, 6) is -0.113. The number of aromatic nitrogens is 1. The molecule has 0 atom stereocenters. The van der Waals surface area contributed by atoms with Crippen LogP contribution in [0.2, 0.25) is 0 Å². The van der Waals surface area contributed by atoms with Crippen molar-refractivity contribution in [1.29, 1.82) is 0 Å². The van der Waals surface area contributed by atoms with E-state index < -0.39 is 0 Å². The lowest BCUT2D eigenvalue weighted by Gasteiger charge is -2.23. The Morgan fingerprint density at radius 2 is 2.00 bits per heavy atom. The van der Waals surface area contributed by atoms with Crippen molar-refractivity contribution >= 4 is 32.7 Å². The third-order valence-electron chi connectivity index (χ3n) is 3.33. The standard InChI is InChI=1S/C16H19BrN2O/c1-16(2,9-10-17)11-18-15(20)14-8-7-12-5-3-4-6-13(12)19-14/h3-8H,9-11H2,1-2H3,(H,18,20). The highest BCUT2D eigenvalue weighted by Crippen LogP contribution is 2.20. The van der Waals surface area contributed by atoms with Crippen LogP contribution in [0.4, 0.5) is 0 Å². The number of pyridine rings is 1. The van der Waals surface area contributed by atoms with Gasteiger partial charge in [0.1, 0.15) is 5.69 Å². The minimum absolute atomic E-state index is 0.0794. The Morgan fingerprint density at radius 1 is 1.25 bits per heavy atom. The Kier molecular flexibility index (Phi) is 4.76.